The van der Waals surface area contributed by atoms with Crippen molar-refractivity contribution in [3.8, 4) is 0 Å². The highest BCUT2D eigenvalue weighted by Gasteiger charge is 2.44. The van der Waals surface area contributed by atoms with Gasteiger partial charge in [-0.2, -0.15) is 0 Å². The number of amides is 1. The maximum Gasteiger partial charge on any atom is 0.220 e. The monoisotopic (exact) mass is 952 g/mol. The van der Waals surface area contributed by atoms with Gasteiger partial charge in [0.25, 0.3) is 0 Å². The summed E-state index contributed by atoms with van der Waals surface area (Å²) in [4.78, 5) is 13.1. The van der Waals surface area contributed by atoms with E-state index >= 15 is 0 Å². The fourth-order valence-corrected chi connectivity index (χ4v) is 9.69. The van der Waals surface area contributed by atoms with Crippen LogP contribution in [0.4, 0.5) is 0 Å². The van der Waals surface area contributed by atoms with Crippen LogP contribution in [0.2, 0.25) is 0 Å². The summed E-state index contributed by atoms with van der Waals surface area (Å²) in [6.45, 7) is 3.88. The first-order valence-electron chi connectivity index (χ1n) is 29.4. The van der Waals surface area contributed by atoms with Crippen molar-refractivity contribution >= 4 is 5.91 Å². The molecule has 1 fully saturated rings. The highest BCUT2D eigenvalue weighted by Crippen LogP contribution is 2.23. The molecule has 7 atom stereocenters. The van der Waals surface area contributed by atoms with E-state index in [0.29, 0.717) is 12.8 Å². The second-order valence-electron chi connectivity index (χ2n) is 20.8. The van der Waals surface area contributed by atoms with Gasteiger partial charge in [0.05, 0.1) is 25.4 Å². The van der Waals surface area contributed by atoms with E-state index in [-0.39, 0.29) is 12.5 Å². The Bertz CT molecular complexity index is 1060. The molecule has 0 spiro atoms. The molecule has 1 aliphatic heterocycles. The van der Waals surface area contributed by atoms with Gasteiger partial charge in [0.2, 0.25) is 5.91 Å². The minimum atomic E-state index is -1.55. The van der Waals surface area contributed by atoms with E-state index in [0.717, 1.165) is 38.5 Å². The molecule has 1 aliphatic rings. The van der Waals surface area contributed by atoms with Crippen molar-refractivity contribution in [2.24, 2.45) is 0 Å². The zero-order valence-corrected chi connectivity index (χ0v) is 44.2. The number of rotatable bonds is 51. The number of hydrogen-bond acceptors (Lipinski definition) is 8. The Morgan fingerprint density at radius 1 is 0.493 bits per heavy atom. The first-order chi connectivity index (χ1) is 32.8. The van der Waals surface area contributed by atoms with Gasteiger partial charge in [-0.3, -0.25) is 4.79 Å². The second kappa shape index (κ2) is 48.6. The minimum Gasteiger partial charge on any atom is -0.394 e. The average molecular weight is 953 g/mol. The van der Waals surface area contributed by atoms with Gasteiger partial charge in [-0.05, 0) is 38.5 Å². The van der Waals surface area contributed by atoms with Crippen LogP contribution in [0.15, 0.2) is 12.2 Å². The highest BCUT2D eigenvalue weighted by atomic mass is 16.7. The third kappa shape index (κ3) is 38.3. The molecule has 6 N–H and O–H groups in total. The van der Waals surface area contributed by atoms with Crippen molar-refractivity contribution in [3.05, 3.63) is 12.2 Å². The zero-order valence-electron chi connectivity index (χ0n) is 44.2. The summed E-state index contributed by atoms with van der Waals surface area (Å²) in [5.41, 5.74) is 0. The molecule has 1 heterocycles. The van der Waals surface area contributed by atoms with Gasteiger partial charge in [-0.25, -0.2) is 0 Å². The molecule has 7 unspecified atom stereocenters. The Kier molecular flexibility index (Phi) is 46.3. The molecule has 0 aromatic heterocycles. The van der Waals surface area contributed by atoms with Gasteiger partial charge in [-0.15, -0.1) is 0 Å². The van der Waals surface area contributed by atoms with Crippen LogP contribution in [0.1, 0.15) is 296 Å². The van der Waals surface area contributed by atoms with Gasteiger partial charge in [0, 0.05) is 6.42 Å². The van der Waals surface area contributed by atoms with Crippen LogP contribution in [0.3, 0.4) is 0 Å². The first kappa shape index (κ1) is 63.9. The Labute approximate surface area is 414 Å². The van der Waals surface area contributed by atoms with E-state index in [2.05, 4.69) is 31.3 Å². The topological polar surface area (TPSA) is 149 Å². The molecule has 67 heavy (non-hydrogen) atoms. The van der Waals surface area contributed by atoms with Crippen LogP contribution in [0.25, 0.3) is 0 Å². The van der Waals surface area contributed by atoms with Gasteiger partial charge < -0.3 is 40.3 Å². The van der Waals surface area contributed by atoms with Crippen molar-refractivity contribution in [2.75, 3.05) is 13.2 Å². The number of nitrogens with one attached hydrogen (secondary N) is 1. The maximum absolute atomic E-state index is 13.1. The van der Waals surface area contributed by atoms with Crippen LogP contribution in [0, 0.1) is 0 Å². The molecule has 0 bridgehead atoms. The summed E-state index contributed by atoms with van der Waals surface area (Å²) in [5.74, 6) is -0.140. The fourth-order valence-electron chi connectivity index (χ4n) is 9.69. The van der Waals surface area contributed by atoms with Crippen LogP contribution in [-0.4, -0.2) is 87.5 Å². The van der Waals surface area contributed by atoms with Crippen LogP contribution in [-0.2, 0) is 14.3 Å². The van der Waals surface area contributed by atoms with E-state index in [1.165, 1.54) is 231 Å². The third-order valence-electron chi connectivity index (χ3n) is 14.4. The van der Waals surface area contributed by atoms with Gasteiger partial charge >= 0.3 is 0 Å². The summed E-state index contributed by atoms with van der Waals surface area (Å²) in [6, 6.07) is -0.716. The SMILES string of the molecule is CCCCCCCCCCCCCC/C=C\CCCCCCCCCCCCCC(=O)NC(COC1OC(CO)C(O)C(O)C1O)C(O)CCCCCCCCCCCCCCCCCCC. The molecule has 0 aliphatic carbocycles. The lowest BCUT2D eigenvalue weighted by atomic mass is 9.99. The van der Waals surface area contributed by atoms with E-state index in [1.54, 1.807) is 0 Å². The summed E-state index contributed by atoms with van der Waals surface area (Å²) in [6.07, 6.45) is 52.4. The standard InChI is InChI=1S/C58H113NO8/c1-3-5-7-9-11-13-15-17-19-21-22-23-24-25-26-27-28-29-30-32-34-36-38-40-42-44-46-48-54(62)59-51(50-66-58-57(65)56(64)55(63)53(49-60)67-58)52(61)47-45-43-41-39-37-35-33-31-20-18-16-14-12-10-8-6-4-2/h25-26,51-53,55-58,60-61,63-65H,3-24,27-50H2,1-2H3,(H,59,62)/b26-25-. The molecule has 1 saturated heterocycles. The van der Waals surface area contributed by atoms with Crippen molar-refractivity contribution in [3.63, 3.8) is 0 Å². The quantitative estimate of drug-likeness (QED) is 0.0261. The van der Waals surface area contributed by atoms with Gasteiger partial charge in [0.1, 0.15) is 24.4 Å². The summed E-state index contributed by atoms with van der Waals surface area (Å²) in [5, 5.41) is 54.7. The molecular weight excluding hydrogens is 839 g/mol. The second-order valence-corrected chi connectivity index (χ2v) is 20.8. The average Bonchev–Trinajstić information content (AvgIpc) is 3.33. The Morgan fingerprint density at radius 2 is 0.836 bits per heavy atom. The maximum atomic E-state index is 13.1. The Hall–Kier alpha value is -1.07. The number of allylic oxidation sites excluding steroid dienone is 2. The highest BCUT2D eigenvalue weighted by molar-refractivity contribution is 5.76. The zero-order chi connectivity index (χ0) is 48.7. The molecule has 0 radical (unpaired) electrons. The number of unbranched alkanes of at least 4 members (excludes halogenated alkanes) is 39. The predicted octanol–water partition coefficient (Wildman–Crippen LogP) is 14.4. The van der Waals surface area contributed by atoms with Crippen LogP contribution in [0.5, 0.6) is 0 Å². The molecule has 0 aromatic carbocycles. The number of carbonyl (C=O) groups is 1. The van der Waals surface area contributed by atoms with E-state index in [9.17, 15) is 30.3 Å². The number of aliphatic hydroxyl groups excluding tert-OH is 5. The van der Waals surface area contributed by atoms with Crippen molar-refractivity contribution in [2.45, 2.75) is 339 Å². The normalized spacial score (nSPS) is 19.7. The number of hydrogen-bond donors (Lipinski definition) is 6. The van der Waals surface area contributed by atoms with Gasteiger partial charge in [-0.1, -0.05) is 264 Å². The Balaban J connectivity index is 2.17. The lowest BCUT2D eigenvalue weighted by Crippen LogP contribution is -2.60. The minimum absolute atomic E-state index is 0.134. The molecular formula is C58H113NO8. The van der Waals surface area contributed by atoms with E-state index < -0.39 is 49.5 Å². The van der Waals surface area contributed by atoms with E-state index in [4.69, 9.17) is 9.47 Å². The molecule has 0 saturated carbocycles. The summed E-state index contributed by atoms with van der Waals surface area (Å²) >= 11 is 0. The number of aliphatic hydroxyl groups is 5. The van der Waals surface area contributed by atoms with Crippen molar-refractivity contribution < 1.29 is 39.8 Å². The predicted molar refractivity (Wildman–Crippen MR) is 281 cm³/mol. The number of carbonyl (C=O) groups excluding carboxylic acids is 1. The van der Waals surface area contributed by atoms with Crippen molar-refractivity contribution in [1.82, 2.24) is 5.32 Å². The smallest absolute Gasteiger partial charge is 0.220 e. The third-order valence-corrected chi connectivity index (χ3v) is 14.4. The van der Waals surface area contributed by atoms with Gasteiger partial charge in [0.15, 0.2) is 6.29 Å². The van der Waals surface area contributed by atoms with E-state index in [1.807, 2.05) is 0 Å². The van der Waals surface area contributed by atoms with Crippen LogP contribution >= 0.6 is 0 Å². The lowest BCUT2D eigenvalue weighted by molar-refractivity contribution is -0.302. The van der Waals surface area contributed by atoms with Crippen LogP contribution < -0.4 is 5.32 Å². The molecule has 1 rings (SSSR count). The fraction of sp³-hybridized carbons (Fsp3) is 0.948. The molecule has 9 heteroatoms. The summed E-state index contributed by atoms with van der Waals surface area (Å²) < 4.78 is 11.3. The molecule has 1 amide bonds. The van der Waals surface area contributed by atoms with Crippen molar-refractivity contribution in [1.29, 1.82) is 0 Å². The summed E-state index contributed by atoms with van der Waals surface area (Å²) in [7, 11) is 0. The number of ether oxygens (including phenoxy) is 2. The molecule has 0 aromatic rings. The largest absolute Gasteiger partial charge is 0.394 e. The lowest BCUT2D eigenvalue weighted by Gasteiger charge is -2.40. The molecule has 9 nitrogen and oxygen atoms in total. The Morgan fingerprint density at radius 3 is 1.21 bits per heavy atom. The molecule has 398 valence electrons. The first-order valence-corrected chi connectivity index (χ1v) is 29.4.